The zero-order valence-electron chi connectivity index (χ0n) is 9.68. The maximum atomic E-state index is 9.71. The number of benzene rings is 1. The summed E-state index contributed by atoms with van der Waals surface area (Å²) in [6.07, 6.45) is -0.0819. The Kier molecular flexibility index (Phi) is 4.71. The summed E-state index contributed by atoms with van der Waals surface area (Å²) in [5.74, 6) is 0.322. The van der Waals surface area contributed by atoms with Crippen molar-refractivity contribution in [2.45, 2.75) is 20.0 Å². The maximum Gasteiger partial charge on any atom is 0.242 e. The molecule has 0 aliphatic carbocycles. The van der Waals surface area contributed by atoms with Gasteiger partial charge < -0.3 is 15.6 Å². The van der Waals surface area contributed by atoms with Crippen LogP contribution in [0.5, 0.6) is 5.75 Å². The fraction of sp³-hybridized carbons (Fsp3) is 0.273. The molecule has 1 aromatic carbocycles. The number of rotatable bonds is 3. The number of phenols is 1. The standard InChI is InChI=1S/C11H15N3O2S/c1-7(2)16-10(13-14-11(12)17)8-5-3-4-6-9(8)15/h3-7,15H,1-2H3,(H3,12,14,17). The highest BCUT2D eigenvalue weighted by Crippen LogP contribution is 2.17. The van der Waals surface area contributed by atoms with Crippen molar-refractivity contribution in [1.82, 2.24) is 5.43 Å². The number of aromatic hydroxyl groups is 1. The number of nitrogens with zero attached hydrogens (tertiary/aromatic N) is 1. The average Bonchev–Trinajstić information content (AvgIpc) is 2.24. The first-order valence-electron chi connectivity index (χ1n) is 5.09. The summed E-state index contributed by atoms with van der Waals surface area (Å²) in [5, 5.41) is 13.7. The molecule has 4 N–H and O–H groups in total. The molecular weight excluding hydrogens is 238 g/mol. The molecule has 6 heteroatoms. The monoisotopic (exact) mass is 253 g/mol. The van der Waals surface area contributed by atoms with E-state index in [1.165, 1.54) is 0 Å². The highest BCUT2D eigenvalue weighted by molar-refractivity contribution is 7.80. The minimum absolute atomic E-state index is 0.0327. The molecular formula is C11H15N3O2S. The predicted molar refractivity (Wildman–Crippen MR) is 70.8 cm³/mol. The molecule has 0 saturated heterocycles. The van der Waals surface area contributed by atoms with Gasteiger partial charge >= 0.3 is 0 Å². The topological polar surface area (TPSA) is 79.9 Å². The van der Waals surface area contributed by atoms with Gasteiger partial charge in [0.05, 0.1) is 11.7 Å². The molecule has 92 valence electrons. The largest absolute Gasteiger partial charge is 0.507 e. The van der Waals surface area contributed by atoms with Crippen LogP contribution < -0.4 is 11.2 Å². The number of thiocarbonyl (C=S) groups is 1. The lowest BCUT2D eigenvalue weighted by Crippen LogP contribution is -2.27. The average molecular weight is 253 g/mol. The minimum atomic E-state index is -0.0819. The fourth-order valence-corrected chi connectivity index (χ4v) is 1.18. The van der Waals surface area contributed by atoms with Crippen molar-refractivity contribution in [3.8, 4) is 5.75 Å². The second-order valence-corrected chi connectivity index (χ2v) is 4.02. The van der Waals surface area contributed by atoms with Gasteiger partial charge in [-0.15, -0.1) is 5.10 Å². The van der Waals surface area contributed by atoms with Gasteiger partial charge in [0.1, 0.15) is 5.75 Å². The van der Waals surface area contributed by atoms with Crippen LogP contribution in [0.2, 0.25) is 0 Å². The minimum Gasteiger partial charge on any atom is -0.507 e. The molecule has 17 heavy (non-hydrogen) atoms. The highest BCUT2D eigenvalue weighted by Gasteiger charge is 2.11. The molecule has 5 nitrogen and oxygen atoms in total. The Morgan fingerprint density at radius 1 is 1.47 bits per heavy atom. The molecule has 0 radical (unpaired) electrons. The number of hydrazone groups is 1. The number of para-hydroxylation sites is 1. The van der Waals surface area contributed by atoms with Gasteiger partial charge in [0.25, 0.3) is 0 Å². The number of hydrogen-bond acceptors (Lipinski definition) is 4. The Bertz CT molecular complexity index is 432. The molecule has 0 saturated carbocycles. The predicted octanol–water partition coefficient (Wildman–Crippen LogP) is 1.31. The van der Waals surface area contributed by atoms with Crippen molar-refractivity contribution in [2.75, 3.05) is 0 Å². The third kappa shape index (κ3) is 4.28. The number of phenolic OH excluding ortho intramolecular Hbond substituents is 1. The smallest absolute Gasteiger partial charge is 0.242 e. The van der Waals surface area contributed by atoms with Crippen molar-refractivity contribution in [3.63, 3.8) is 0 Å². The molecule has 0 aromatic heterocycles. The zero-order valence-corrected chi connectivity index (χ0v) is 10.5. The van der Waals surface area contributed by atoms with Gasteiger partial charge in [-0.3, -0.25) is 5.43 Å². The first-order valence-corrected chi connectivity index (χ1v) is 5.49. The van der Waals surface area contributed by atoms with Crippen LogP contribution in [0.25, 0.3) is 0 Å². The van der Waals surface area contributed by atoms with Gasteiger partial charge in [-0.2, -0.15) is 0 Å². The molecule has 0 atom stereocenters. The SMILES string of the molecule is CC(C)OC(=NNC(N)=S)c1ccccc1O. The lowest BCUT2D eigenvalue weighted by atomic mass is 10.2. The van der Waals surface area contributed by atoms with Crippen LogP contribution in [-0.2, 0) is 4.74 Å². The van der Waals surface area contributed by atoms with E-state index in [0.29, 0.717) is 5.56 Å². The molecule has 1 aromatic rings. The zero-order chi connectivity index (χ0) is 12.8. The number of hydrogen-bond donors (Lipinski definition) is 3. The van der Waals surface area contributed by atoms with E-state index in [1.54, 1.807) is 24.3 Å². The van der Waals surface area contributed by atoms with Crippen LogP contribution in [-0.4, -0.2) is 22.2 Å². The van der Waals surface area contributed by atoms with Crippen molar-refractivity contribution < 1.29 is 9.84 Å². The Hall–Kier alpha value is -1.82. The third-order valence-electron chi connectivity index (χ3n) is 1.75. The summed E-state index contributed by atoms with van der Waals surface area (Å²) in [6.45, 7) is 3.71. The molecule has 1 rings (SSSR count). The molecule has 0 aliphatic rings. The summed E-state index contributed by atoms with van der Waals surface area (Å²) >= 11 is 4.65. The Labute approximate surface area is 105 Å². The molecule has 0 fully saturated rings. The van der Waals surface area contributed by atoms with E-state index in [2.05, 4.69) is 22.7 Å². The van der Waals surface area contributed by atoms with E-state index >= 15 is 0 Å². The highest BCUT2D eigenvalue weighted by atomic mass is 32.1. The number of ether oxygens (including phenoxy) is 1. The molecule has 0 aliphatic heterocycles. The van der Waals surface area contributed by atoms with Gasteiger partial charge in [-0.1, -0.05) is 12.1 Å². The van der Waals surface area contributed by atoms with E-state index in [9.17, 15) is 5.11 Å². The third-order valence-corrected chi connectivity index (χ3v) is 1.84. The molecule has 0 unspecified atom stereocenters. The van der Waals surface area contributed by atoms with E-state index in [1.807, 2.05) is 13.8 Å². The Morgan fingerprint density at radius 2 is 2.12 bits per heavy atom. The van der Waals surface area contributed by atoms with E-state index in [-0.39, 0.29) is 22.9 Å². The van der Waals surface area contributed by atoms with Crippen LogP contribution in [0, 0.1) is 0 Å². The van der Waals surface area contributed by atoms with E-state index in [4.69, 9.17) is 10.5 Å². The van der Waals surface area contributed by atoms with E-state index in [0.717, 1.165) is 0 Å². The fourth-order valence-electron chi connectivity index (χ4n) is 1.13. The van der Waals surface area contributed by atoms with Gasteiger partial charge in [0.15, 0.2) is 5.11 Å². The quantitative estimate of drug-likeness (QED) is 0.327. The summed E-state index contributed by atoms with van der Waals surface area (Å²) in [6, 6.07) is 6.73. The second-order valence-electron chi connectivity index (χ2n) is 3.58. The molecule has 0 spiro atoms. The van der Waals surface area contributed by atoms with Crippen molar-refractivity contribution in [2.24, 2.45) is 10.8 Å². The lowest BCUT2D eigenvalue weighted by molar-refractivity contribution is 0.227. The summed E-state index contributed by atoms with van der Waals surface area (Å²) in [4.78, 5) is 0. The van der Waals surface area contributed by atoms with Crippen LogP contribution in [0.3, 0.4) is 0 Å². The van der Waals surface area contributed by atoms with Crippen molar-refractivity contribution in [3.05, 3.63) is 29.8 Å². The first kappa shape index (κ1) is 13.2. The number of nitrogens with one attached hydrogen (secondary N) is 1. The van der Waals surface area contributed by atoms with Gasteiger partial charge in [0, 0.05) is 0 Å². The summed E-state index contributed by atoms with van der Waals surface area (Å²) in [5.41, 5.74) is 8.20. The summed E-state index contributed by atoms with van der Waals surface area (Å²) in [7, 11) is 0. The Balaban J connectivity index is 3.02. The van der Waals surface area contributed by atoms with Crippen LogP contribution in [0.4, 0.5) is 0 Å². The van der Waals surface area contributed by atoms with Crippen LogP contribution in [0.1, 0.15) is 19.4 Å². The molecule has 0 bridgehead atoms. The van der Waals surface area contributed by atoms with E-state index < -0.39 is 0 Å². The lowest BCUT2D eigenvalue weighted by Gasteiger charge is -2.13. The second kappa shape index (κ2) is 6.05. The van der Waals surface area contributed by atoms with Crippen LogP contribution >= 0.6 is 12.2 Å². The van der Waals surface area contributed by atoms with Gasteiger partial charge in [-0.25, -0.2) is 0 Å². The van der Waals surface area contributed by atoms with Crippen molar-refractivity contribution >= 4 is 23.2 Å². The number of nitrogens with two attached hydrogens (primary N) is 1. The van der Waals surface area contributed by atoms with Gasteiger partial charge in [-0.05, 0) is 38.2 Å². The van der Waals surface area contributed by atoms with Crippen LogP contribution in [0.15, 0.2) is 29.4 Å². The normalized spacial score (nSPS) is 11.4. The molecule has 0 heterocycles. The first-order chi connectivity index (χ1) is 8.00. The van der Waals surface area contributed by atoms with Gasteiger partial charge in [0.2, 0.25) is 5.90 Å². The Morgan fingerprint density at radius 3 is 2.65 bits per heavy atom. The molecule has 0 amide bonds. The van der Waals surface area contributed by atoms with Crippen molar-refractivity contribution in [1.29, 1.82) is 0 Å². The maximum absolute atomic E-state index is 9.71. The summed E-state index contributed by atoms with van der Waals surface area (Å²) < 4.78 is 5.48.